The highest BCUT2D eigenvalue weighted by Crippen LogP contribution is 2.17. The maximum atomic E-state index is 5.47. The highest BCUT2D eigenvalue weighted by molar-refractivity contribution is 5.20. The fourth-order valence-corrected chi connectivity index (χ4v) is 1.39. The van der Waals surface area contributed by atoms with Crippen LogP contribution < -0.4 is 11.3 Å². The first-order valence-corrected chi connectivity index (χ1v) is 4.59. The number of hydrogen-bond donors (Lipinski definition) is 2. The predicted molar refractivity (Wildman–Crippen MR) is 55.5 cm³/mol. The highest BCUT2D eigenvalue weighted by Gasteiger charge is 2.17. The van der Waals surface area contributed by atoms with Crippen LogP contribution >= 0.6 is 0 Å². The normalized spacial score (nSPS) is 15.1. The predicted octanol–water partition coefficient (Wildman–Crippen LogP) is 0.929. The number of nitrogens with one attached hydrogen (secondary N) is 1. The SMILES string of the molecule is COC(C)C(NN)c1cncc(C)c1. The Bertz CT molecular complexity index is 290. The van der Waals surface area contributed by atoms with Gasteiger partial charge in [-0.15, -0.1) is 0 Å². The molecule has 0 aromatic carbocycles. The van der Waals surface area contributed by atoms with Gasteiger partial charge >= 0.3 is 0 Å². The number of aryl methyl sites for hydroxylation is 1. The minimum absolute atomic E-state index is 0.0172. The number of pyridine rings is 1. The number of methoxy groups -OCH3 is 1. The van der Waals surface area contributed by atoms with Crippen LogP contribution in [0.3, 0.4) is 0 Å². The lowest BCUT2D eigenvalue weighted by molar-refractivity contribution is 0.0829. The number of ether oxygens (including phenoxy) is 1. The zero-order valence-corrected chi connectivity index (χ0v) is 8.82. The summed E-state index contributed by atoms with van der Waals surface area (Å²) in [5, 5.41) is 0. The van der Waals surface area contributed by atoms with Crippen molar-refractivity contribution in [2.24, 2.45) is 5.84 Å². The Morgan fingerprint density at radius 1 is 1.50 bits per heavy atom. The van der Waals surface area contributed by atoms with Gasteiger partial charge in [0.2, 0.25) is 0 Å². The molecule has 0 aliphatic heterocycles. The smallest absolute Gasteiger partial charge is 0.0751 e. The van der Waals surface area contributed by atoms with E-state index >= 15 is 0 Å². The summed E-state index contributed by atoms with van der Waals surface area (Å²) >= 11 is 0. The van der Waals surface area contributed by atoms with E-state index in [1.54, 1.807) is 13.3 Å². The van der Waals surface area contributed by atoms with Crippen LogP contribution in [0.25, 0.3) is 0 Å². The fourth-order valence-electron chi connectivity index (χ4n) is 1.39. The Hall–Kier alpha value is -0.970. The van der Waals surface area contributed by atoms with Gasteiger partial charge in [-0.05, 0) is 25.0 Å². The van der Waals surface area contributed by atoms with Gasteiger partial charge < -0.3 is 4.74 Å². The lowest BCUT2D eigenvalue weighted by Crippen LogP contribution is -2.36. The molecular formula is C10H17N3O. The van der Waals surface area contributed by atoms with E-state index in [-0.39, 0.29) is 12.1 Å². The van der Waals surface area contributed by atoms with Crippen LogP contribution in [-0.2, 0) is 4.74 Å². The van der Waals surface area contributed by atoms with Gasteiger partial charge in [-0.25, -0.2) is 0 Å². The molecule has 78 valence electrons. The quantitative estimate of drug-likeness (QED) is 0.554. The molecule has 1 aromatic rings. The lowest BCUT2D eigenvalue weighted by Gasteiger charge is -2.22. The van der Waals surface area contributed by atoms with Gasteiger partial charge in [0.05, 0.1) is 12.1 Å². The van der Waals surface area contributed by atoms with E-state index in [4.69, 9.17) is 10.6 Å². The van der Waals surface area contributed by atoms with Gasteiger partial charge in [-0.3, -0.25) is 16.3 Å². The average molecular weight is 195 g/mol. The molecule has 0 saturated carbocycles. The number of hydrogen-bond acceptors (Lipinski definition) is 4. The zero-order valence-electron chi connectivity index (χ0n) is 8.82. The molecule has 0 radical (unpaired) electrons. The summed E-state index contributed by atoms with van der Waals surface area (Å²) in [6, 6.07) is 2.03. The van der Waals surface area contributed by atoms with Crippen LogP contribution in [0.5, 0.6) is 0 Å². The van der Waals surface area contributed by atoms with Gasteiger partial charge in [0.1, 0.15) is 0 Å². The van der Waals surface area contributed by atoms with Crippen LogP contribution in [-0.4, -0.2) is 18.2 Å². The fraction of sp³-hybridized carbons (Fsp3) is 0.500. The van der Waals surface area contributed by atoms with Crippen molar-refractivity contribution in [2.45, 2.75) is 26.0 Å². The summed E-state index contributed by atoms with van der Waals surface area (Å²) in [5.41, 5.74) is 4.89. The molecule has 0 saturated heterocycles. The molecule has 2 unspecified atom stereocenters. The van der Waals surface area contributed by atoms with Crippen molar-refractivity contribution in [3.8, 4) is 0 Å². The van der Waals surface area contributed by atoms with Crippen LogP contribution in [0, 0.1) is 6.92 Å². The first-order chi connectivity index (χ1) is 6.69. The minimum atomic E-state index is -0.0209. The van der Waals surface area contributed by atoms with E-state index in [0.29, 0.717) is 0 Å². The van der Waals surface area contributed by atoms with E-state index in [1.165, 1.54) is 0 Å². The third-order valence-electron chi connectivity index (χ3n) is 2.28. The zero-order chi connectivity index (χ0) is 10.6. The number of aromatic nitrogens is 1. The molecule has 0 fully saturated rings. The van der Waals surface area contributed by atoms with Crippen molar-refractivity contribution in [3.63, 3.8) is 0 Å². The molecule has 0 aliphatic rings. The minimum Gasteiger partial charge on any atom is -0.380 e. The maximum Gasteiger partial charge on any atom is 0.0751 e. The molecule has 0 spiro atoms. The molecule has 2 atom stereocenters. The molecule has 1 aromatic heterocycles. The molecule has 4 heteroatoms. The first-order valence-electron chi connectivity index (χ1n) is 4.59. The standard InChI is InChI=1S/C10H17N3O/c1-7-4-9(6-12-5-7)10(13-11)8(2)14-3/h4-6,8,10,13H,11H2,1-3H3. The lowest BCUT2D eigenvalue weighted by atomic mass is 10.0. The second-order valence-electron chi connectivity index (χ2n) is 3.38. The summed E-state index contributed by atoms with van der Waals surface area (Å²) in [6.07, 6.45) is 3.63. The van der Waals surface area contributed by atoms with E-state index in [1.807, 2.05) is 26.1 Å². The first kappa shape index (κ1) is 11.1. The third-order valence-corrected chi connectivity index (χ3v) is 2.28. The monoisotopic (exact) mass is 195 g/mol. The molecule has 0 aliphatic carbocycles. The molecule has 1 rings (SSSR count). The summed E-state index contributed by atoms with van der Waals surface area (Å²) in [7, 11) is 1.66. The van der Waals surface area contributed by atoms with Crippen molar-refractivity contribution in [2.75, 3.05) is 7.11 Å². The molecular weight excluding hydrogens is 178 g/mol. The Morgan fingerprint density at radius 3 is 2.71 bits per heavy atom. The maximum absolute atomic E-state index is 5.47. The second-order valence-corrected chi connectivity index (χ2v) is 3.38. The van der Waals surface area contributed by atoms with E-state index in [2.05, 4.69) is 10.4 Å². The van der Waals surface area contributed by atoms with Crippen molar-refractivity contribution >= 4 is 0 Å². The Labute approximate surface area is 84.4 Å². The molecule has 3 N–H and O–H groups in total. The number of nitrogens with zero attached hydrogens (tertiary/aromatic N) is 1. The van der Waals surface area contributed by atoms with Crippen LogP contribution in [0.1, 0.15) is 24.1 Å². The van der Waals surface area contributed by atoms with Gasteiger partial charge in [0.25, 0.3) is 0 Å². The van der Waals surface area contributed by atoms with Crippen LogP contribution in [0.15, 0.2) is 18.5 Å². The summed E-state index contributed by atoms with van der Waals surface area (Å²) < 4.78 is 5.23. The highest BCUT2D eigenvalue weighted by atomic mass is 16.5. The van der Waals surface area contributed by atoms with Gasteiger partial charge in [-0.2, -0.15) is 0 Å². The molecule has 14 heavy (non-hydrogen) atoms. The van der Waals surface area contributed by atoms with Crippen LogP contribution in [0.2, 0.25) is 0 Å². The summed E-state index contributed by atoms with van der Waals surface area (Å²) in [4.78, 5) is 4.12. The van der Waals surface area contributed by atoms with Crippen molar-refractivity contribution in [3.05, 3.63) is 29.6 Å². The van der Waals surface area contributed by atoms with Gasteiger partial charge in [0.15, 0.2) is 0 Å². The summed E-state index contributed by atoms with van der Waals surface area (Å²) in [5.74, 6) is 5.47. The Kier molecular flexibility index (Phi) is 4.00. The number of rotatable bonds is 4. The van der Waals surface area contributed by atoms with Crippen molar-refractivity contribution < 1.29 is 4.74 Å². The molecule has 1 heterocycles. The van der Waals surface area contributed by atoms with E-state index < -0.39 is 0 Å². The number of nitrogens with two attached hydrogens (primary N) is 1. The largest absolute Gasteiger partial charge is 0.380 e. The molecule has 0 bridgehead atoms. The van der Waals surface area contributed by atoms with Crippen molar-refractivity contribution in [1.82, 2.24) is 10.4 Å². The Balaban J connectivity index is 2.89. The molecule has 4 nitrogen and oxygen atoms in total. The third kappa shape index (κ3) is 2.51. The van der Waals surface area contributed by atoms with E-state index in [0.717, 1.165) is 11.1 Å². The number of hydrazine groups is 1. The van der Waals surface area contributed by atoms with Gasteiger partial charge in [-0.1, -0.05) is 6.07 Å². The van der Waals surface area contributed by atoms with Gasteiger partial charge in [0, 0.05) is 19.5 Å². The second kappa shape index (κ2) is 5.05. The Morgan fingerprint density at radius 2 is 2.21 bits per heavy atom. The van der Waals surface area contributed by atoms with E-state index in [9.17, 15) is 0 Å². The topological polar surface area (TPSA) is 60.2 Å². The van der Waals surface area contributed by atoms with Crippen LogP contribution in [0.4, 0.5) is 0 Å². The average Bonchev–Trinajstić information content (AvgIpc) is 2.19. The summed E-state index contributed by atoms with van der Waals surface area (Å²) in [6.45, 7) is 3.97. The molecule has 0 amide bonds. The van der Waals surface area contributed by atoms with Crippen molar-refractivity contribution in [1.29, 1.82) is 0 Å².